The lowest BCUT2D eigenvalue weighted by Crippen LogP contribution is -2.10. The van der Waals surface area contributed by atoms with Crippen molar-refractivity contribution in [2.75, 3.05) is 12.3 Å². The molecule has 82 valence electrons. The molecule has 5 heteroatoms. The van der Waals surface area contributed by atoms with Crippen molar-refractivity contribution in [2.45, 2.75) is 13.3 Å². The van der Waals surface area contributed by atoms with Crippen LogP contribution >= 0.6 is 27.5 Å². The molecule has 2 N–H and O–H groups in total. The number of nitrogen functional groups attached to an aromatic ring is 1. The van der Waals surface area contributed by atoms with Crippen molar-refractivity contribution in [1.29, 1.82) is 0 Å². The predicted octanol–water partition coefficient (Wildman–Crippen LogP) is 3.25. The first-order valence-electron chi connectivity index (χ1n) is 4.48. The van der Waals surface area contributed by atoms with E-state index in [1.165, 1.54) is 0 Å². The second-order valence-corrected chi connectivity index (χ2v) is 4.22. The van der Waals surface area contributed by atoms with E-state index in [-0.39, 0.29) is 5.56 Å². The zero-order valence-corrected chi connectivity index (χ0v) is 10.6. The van der Waals surface area contributed by atoms with E-state index < -0.39 is 5.97 Å². The third kappa shape index (κ3) is 2.86. The Balaban J connectivity index is 3.02. The van der Waals surface area contributed by atoms with E-state index >= 15 is 0 Å². The quantitative estimate of drug-likeness (QED) is 0.687. The first-order chi connectivity index (χ1) is 7.07. The molecule has 0 aliphatic rings. The van der Waals surface area contributed by atoms with Crippen molar-refractivity contribution in [3.05, 3.63) is 27.2 Å². The number of benzene rings is 1. The molecule has 0 aliphatic heterocycles. The Labute approximate surface area is 102 Å². The molecule has 1 aromatic carbocycles. The summed E-state index contributed by atoms with van der Waals surface area (Å²) >= 11 is 9.10. The Kier molecular flexibility index (Phi) is 4.42. The monoisotopic (exact) mass is 291 g/mol. The number of carbonyl (C=O) groups is 1. The fourth-order valence-corrected chi connectivity index (χ4v) is 1.61. The second kappa shape index (κ2) is 5.37. The van der Waals surface area contributed by atoms with Gasteiger partial charge in [0, 0.05) is 4.47 Å². The summed E-state index contributed by atoms with van der Waals surface area (Å²) in [6, 6.07) is 3.29. The Morgan fingerprint density at radius 1 is 1.60 bits per heavy atom. The van der Waals surface area contributed by atoms with Crippen LogP contribution in [-0.4, -0.2) is 12.6 Å². The maximum absolute atomic E-state index is 11.6. The Hall–Kier alpha value is -0.740. The number of carbonyl (C=O) groups excluding carboxylic acids is 1. The van der Waals surface area contributed by atoms with Gasteiger partial charge in [-0.3, -0.25) is 0 Å². The molecular weight excluding hydrogens is 281 g/mol. The van der Waals surface area contributed by atoms with Gasteiger partial charge in [-0.15, -0.1) is 0 Å². The van der Waals surface area contributed by atoms with Gasteiger partial charge in [0.1, 0.15) is 5.56 Å². The SMILES string of the molecule is CCCOC(=O)c1c(Cl)ccc(Br)c1N. The molecule has 0 heterocycles. The zero-order valence-electron chi connectivity index (χ0n) is 8.22. The molecule has 0 amide bonds. The third-order valence-corrected chi connectivity index (χ3v) is 2.79. The van der Waals surface area contributed by atoms with Gasteiger partial charge in [-0.25, -0.2) is 4.79 Å². The van der Waals surface area contributed by atoms with Gasteiger partial charge in [-0.2, -0.15) is 0 Å². The smallest absolute Gasteiger partial charge is 0.341 e. The second-order valence-electron chi connectivity index (χ2n) is 2.95. The zero-order chi connectivity index (χ0) is 11.4. The maximum atomic E-state index is 11.6. The number of rotatable bonds is 3. The summed E-state index contributed by atoms with van der Waals surface area (Å²) in [4.78, 5) is 11.6. The normalized spacial score (nSPS) is 10.1. The summed E-state index contributed by atoms with van der Waals surface area (Å²) < 4.78 is 5.60. The van der Waals surface area contributed by atoms with Crippen molar-refractivity contribution < 1.29 is 9.53 Å². The van der Waals surface area contributed by atoms with E-state index in [9.17, 15) is 4.79 Å². The van der Waals surface area contributed by atoms with E-state index in [1.54, 1.807) is 12.1 Å². The van der Waals surface area contributed by atoms with Crippen LogP contribution in [0.25, 0.3) is 0 Å². The highest BCUT2D eigenvalue weighted by Crippen LogP contribution is 2.30. The van der Waals surface area contributed by atoms with Crippen LogP contribution in [0.2, 0.25) is 5.02 Å². The number of hydrogen-bond donors (Lipinski definition) is 1. The number of halogens is 2. The van der Waals surface area contributed by atoms with Crippen LogP contribution in [0.3, 0.4) is 0 Å². The van der Waals surface area contributed by atoms with Crippen molar-refractivity contribution in [2.24, 2.45) is 0 Å². The van der Waals surface area contributed by atoms with Crippen LogP contribution in [0.5, 0.6) is 0 Å². The molecule has 0 radical (unpaired) electrons. The Morgan fingerprint density at radius 3 is 2.87 bits per heavy atom. The van der Waals surface area contributed by atoms with Crippen molar-refractivity contribution in [3.8, 4) is 0 Å². The molecule has 0 atom stereocenters. The van der Waals surface area contributed by atoms with Gasteiger partial charge in [0.25, 0.3) is 0 Å². The van der Waals surface area contributed by atoms with Crippen LogP contribution in [0.1, 0.15) is 23.7 Å². The minimum Gasteiger partial charge on any atom is -0.462 e. The summed E-state index contributed by atoms with van der Waals surface area (Å²) in [6.45, 7) is 2.28. The van der Waals surface area contributed by atoms with Crippen molar-refractivity contribution in [1.82, 2.24) is 0 Å². The lowest BCUT2D eigenvalue weighted by atomic mass is 10.2. The molecular formula is C10H11BrClNO2. The molecule has 0 saturated heterocycles. The molecule has 0 aromatic heterocycles. The highest BCUT2D eigenvalue weighted by molar-refractivity contribution is 9.10. The minimum absolute atomic E-state index is 0.222. The number of anilines is 1. The average Bonchev–Trinajstić information content (AvgIpc) is 2.21. The first kappa shape index (κ1) is 12.3. The van der Waals surface area contributed by atoms with Crippen LogP contribution in [0.4, 0.5) is 5.69 Å². The number of nitrogens with two attached hydrogens (primary N) is 1. The van der Waals surface area contributed by atoms with Crippen LogP contribution in [0, 0.1) is 0 Å². The minimum atomic E-state index is -0.486. The summed E-state index contributed by atoms with van der Waals surface area (Å²) in [5, 5.41) is 0.303. The van der Waals surface area contributed by atoms with Crippen molar-refractivity contribution >= 4 is 39.2 Å². The number of hydrogen-bond acceptors (Lipinski definition) is 3. The van der Waals surface area contributed by atoms with Gasteiger partial charge in [-0.1, -0.05) is 18.5 Å². The van der Waals surface area contributed by atoms with E-state index in [1.807, 2.05) is 6.92 Å². The van der Waals surface area contributed by atoms with E-state index in [2.05, 4.69) is 15.9 Å². The summed E-state index contributed by atoms with van der Waals surface area (Å²) in [5.41, 5.74) is 6.25. The summed E-state index contributed by atoms with van der Waals surface area (Å²) in [6.07, 6.45) is 0.761. The Bertz CT molecular complexity index is 382. The standard InChI is InChI=1S/C10H11BrClNO2/c1-2-5-15-10(14)8-7(12)4-3-6(11)9(8)13/h3-4H,2,5,13H2,1H3. The fraction of sp³-hybridized carbons (Fsp3) is 0.300. The van der Waals surface area contributed by atoms with E-state index in [0.29, 0.717) is 21.8 Å². The number of esters is 1. The highest BCUT2D eigenvalue weighted by Gasteiger charge is 2.17. The van der Waals surface area contributed by atoms with E-state index in [4.69, 9.17) is 22.1 Å². The van der Waals surface area contributed by atoms with Crippen LogP contribution in [0.15, 0.2) is 16.6 Å². The van der Waals surface area contributed by atoms with Gasteiger partial charge in [-0.05, 0) is 34.5 Å². The molecule has 1 aromatic rings. The highest BCUT2D eigenvalue weighted by atomic mass is 79.9. The molecule has 0 saturated carbocycles. The van der Waals surface area contributed by atoms with Gasteiger partial charge in [0.05, 0.1) is 17.3 Å². The third-order valence-electron chi connectivity index (χ3n) is 1.78. The molecule has 0 unspecified atom stereocenters. The van der Waals surface area contributed by atoms with Gasteiger partial charge in [0.15, 0.2) is 0 Å². The largest absolute Gasteiger partial charge is 0.462 e. The van der Waals surface area contributed by atoms with Crippen LogP contribution < -0.4 is 5.73 Å². The predicted molar refractivity (Wildman–Crippen MR) is 64.1 cm³/mol. The lowest BCUT2D eigenvalue weighted by molar-refractivity contribution is 0.0506. The maximum Gasteiger partial charge on any atom is 0.341 e. The van der Waals surface area contributed by atoms with Crippen molar-refractivity contribution in [3.63, 3.8) is 0 Å². The molecule has 3 nitrogen and oxygen atoms in total. The van der Waals surface area contributed by atoms with Gasteiger partial charge < -0.3 is 10.5 Å². The fourth-order valence-electron chi connectivity index (χ4n) is 1.04. The van der Waals surface area contributed by atoms with Gasteiger partial charge >= 0.3 is 5.97 Å². The molecule has 15 heavy (non-hydrogen) atoms. The first-order valence-corrected chi connectivity index (χ1v) is 5.65. The molecule has 0 spiro atoms. The lowest BCUT2D eigenvalue weighted by Gasteiger charge is -2.09. The van der Waals surface area contributed by atoms with E-state index in [0.717, 1.165) is 6.42 Å². The summed E-state index contributed by atoms with van der Waals surface area (Å²) in [5.74, 6) is -0.486. The Morgan fingerprint density at radius 2 is 2.27 bits per heavy atom. The molecule has 1 rings (SSSR count). The summed E-state index contributed by atoms with van der Waals surface area (Å²) in [7, 11) is 0. The average molecular weight is 293 g/mol. The molecule has 0 aliphatic carbocycles. The number of ether oxygens (including phenoxy) is 1. The van der Waals surface area contributed by atoms with Gasteiger partial charge in [0.2, 0.25) is 0 Å². The molecule has 0 bridgehead atoms. The van der Waals surface area contributed by atoms with Crippen LogP contribution in [-0.2, 0) is 4.74 Å². The topological polar surface area (TPSA) is 52.3 Å². The molecule has 0 fully saturated rings.